The molecule has 0 spiro atoms. The summed E-state index contributed by atoms with van der Waals surface area (Å²) in [5.41, 5.74) is 2.42. The van der Waals surface area contributed by atoms with E-state index in [0.717, 1.165) is 30.5 Å². The third kappa shape index (κ3) is 5.86. The fraction of sp³-hybridized carbons (Fsp3) is 0.440. The van der Waals surface area contributed by atoms with Gasteiger partial charge in [-0.15, -0.1) is 0 Å². The van der Waals surface area contributed by atoms with Gasteiger partial charge in [-0.3, -0.25) is 4.79 Å². The highest BCUT2D eigenvalue weighted by molar-refractivity contribution is 6.32. The van der Waals surface area contributed by atoms with Gasteiger partial charge in [-0.05, 0) is 77.3 Å². The fourth-order valence-electron chi connectivity index (χ4n) is 3.92. The molecule has 0 radical (unpaired) electrons. The molecule has 1 N–H and O–H groups in total. The van der Waals surface area contributed by atoms with E-state index >= 15 is 0 Å². The normalized spacial score (nSPS) is 17.9. The number of rotatable bonds is 8. The van der Waals surface area contributed by atoms with E-state index < -0.39 is 0 Å². The summed E-state index contributed by atoms with van der Waals surface area (Å²) >= 11 is 6.27. The zero-order chi connectivity index (χ0) is 24.2. The van der Waals surface area contributed by atoms with Gasteiger partial charge in [0.1, 0.15) is 5.02 Å². The van der Waals surface area contributed by atoms with Crippen LogP contribution in [-0.4, -0.2) is 39.3 Å². The Kier molecular flexibility index (Phi) is 7.36. The van der Waals surface area contributed by atoms with Crippen LogP contribution in [0.3, 0.4) is 0 Å². The van der Waals surface area contributed by atoms with Crippen molar-refractivity contribution in [1.29, 1.82) is 0 Å². The van der Waals surface area contributed by atoms with Crippen molar-refractivity contribution in [3.63, 3.8) is 0 Å². The molecule has 180 valence electrons. The minimum absolute atomic E-state index is 0.0280. The van der Waals surface area contributed by atoms with E-state index in [2.05, 4.69) is 20.4 Å². The van der Waals surface area contributed by atoms with Crippen LogP contribution in [0.25, 0.3) is 22.8 Å². The van der Waals surface area contributed by atoms with E-state index in [4.69, 9.17) is 25.6 Å². The summed E-state index contributed by atoms with van der Waals surface area (Å²) in [5, 5.41) is 7.98. The number of benzene rings is 1. The molecule has 3 aromatic rings. The molecule has 2 aromatic heterocycles. The third-order valence-corrected chi connectivity index (χ3v) is 5.73. The van der Waals surface area contributed by atoms with Crippen LogP contribution >= 0.6 is 11.6 Å². The van der Waals surface area contributed by atoms with Crippen molar-refractivity contribution in [2.75, 3.05) is 5.32 Å². The highest BCUT2D eigenvalue weighted by atomic mass is 35.5. The summed E-state index contributed by atoms with van der Waals surface area (Å²) in [7, 11) is 0. The van der Waals surface area contributed by atoms with Gasteiger partial charge in [-0.2, -0.15) is 4.98 Å². The Balaban J connectivity index is 1.38. The first-order chi connectivity index (χ1) is 16.3. The third-order valence-electron chi connectivity index (χ3n) is 5.46. The average Bonchev–Trinajstić information content (AvgIpc) is 3.45. The van der Waals surface area contributed by atoms with Gasteiger partial charge >= 0.3 is 5.97 Å². The summed E-state index contributed by atoms with van der Waals surface area (Å²) < 4.78 is 16.3. The van der Waals surface area contributed by atoms with E-state index in [-0.39, 0.29) is 30.1 Å². The molecule has 1 aliphatic rings. The van der Waals surface area contributed by atoms with Gasteiger partial charge in [-0.1, -0.05) is 16.8 Å². The molecule has 0 saturated heterocycles. The molecule has 8 nitrogen and oxygen atoms in total. The number of carbonyl (C=O) groups is 1. The summed E-state index contributed by atoms with van der Waals surface area (Å²) in [6.45, 7) is 7.57. The first-order valence-corrected chi connectivity index (χ1v) is 11.9. The van der Waals surface area contributed by atoms with Gasteiger partial charge < -0.3 is 19.3 Å². The van der Waals surface area contributed by atoms with Crippen LogP contribution in [-0.2, 0) is 9.53 Å². The topological polar surface area (TPSA) is 99.4 Å². The minimum atomic E-state index is -0.0962. The lowest BCUT2D eigenvalue weighted by Gasteiger charge is -2.15. The molecular weight excluding hydrogens is 456 g/mol. The SMILES string of the molecule is CC(C)OC(=O)[C@@H]1CC[C@H](Nc2ccc(-c3noc(-c4cnc(OC(C)C)c(Cl)c4)n3)cc2)C1. The average molecular weight is 485 g/mol. The molecule has 2 heterocycles. The second-order valence-electron chi connectivity index (χ2n) is 9.01. The van der Waals surface area contributed by atoms with Crippen LogP contribution in [0.5, 0.6) is 5.88 Å². The Morgan fingerprint density at radius 2 is 1.88 bits per heavy atom. The number of esters is 1. The molecule has 1 saturated carbocycles. The van der Waals surface area contributed by atoms with Gasteiger partial charge in [0.2, 0.25) is 11.7 Å². The zero-order valence-electron chi connectivity index (χ0n) is 19.7. The van der Waals surface area contributed by atoms with Crippen molar-refractivity contribution in [3.05, 3.63) is 41.6 Å². The Hall–Kier alpha value is -3.13. The maximum atomic E-state index is 12.1. The number of hydrogen-bond donors (Lipinski definition) is 1. The number of pyridine rings is 1. The van der Waals surface area contributed by atoms with Crippen molar-refractivity contribution >= 4 is 23.3 Å². The molecule has 0 aliphatic heterocycles. The fourth-order valence-corrected chi connectivity index (χ4v) is 4.13. The second kappa shape index (κ2) is 10.4. The first-order valence-electron chi connectivity index (χ1n) is 11.5. The van der Waals surface area contributed by atoms with E-state index in [1.807, 2.05) is 52.0 Å². The Bertz CT molecular complexity index is 1130. The van der Waals surface area contributed by atoms with Crippen LogP contribution in [0.1, 0.15) is 47.0 Å². The number of ether oxygens (including phenoxy) is 2. The number of aromatic nitrogens is 3. The molecule has 1 aliphatic carbocycles. The lowest BCUT2D eigenvalue weighted by Crippen LogP contribution is -2.21. The van der Waals surface area contributed by atoms with Crippen molar-refractivity contribution in [2.24, 2.45) is 5.92 Å². The molecule has 1 fully saturated rings. The highest BCUT2D eigenvalue weighted by Gasteiger charge is 2.31. The minimum Gasteiger partial charge on any atom is -0.474 e. The van der Waals surface area contributed by atoms with Crippen molar-refractivity contribution in [2.45, 2.75) is 65.2 Å². The largest absolute Gasteiger partial charge is 0.474 e. The Labute approximate surface area is 204 Å². The molecule has 0 bridgehead atoms. The molecule has 0 unspecified atom stereocenters. The van der Waals surface area contributed by atoms with Crippen LogP contribution in [0, 0.1) is 5.92 Å². The van der Waals surface area contributed by atoms with Crippen molar-refractivity contribution in [1.82, 2.24) is 15.1 Å². The van der Waals surface area contributed by atoms with E-state index in [1.54, 1.807) is 12.3 Å². The summed E-state index contributed by atoms with van der Waals surface area (Å²) in [6, 6.07) is 9.75. The number of nitrogens with one attached hydrogen (secondary N) is 1. The monoisotopic (exact) mass is 484 g/mol. The quantitative estimate of drug-likeness (QED) is 0.402. The molecule has 4 rings (SSSR count). The number of anilines is 1. The lowest BCUT2D eigenvalue weighted by molar-refractivity contribution is -0.152. The standard InChI is InChI=1S/C25H29ClN4O4/c1-14(2)32-24-21(26)12-18(13-27-24)23-29-22(30-34-23)16-5-8-19(9-6-16)28-20-10-7-17(11-20)25(31)33-15(3)4/h5-6,8-9,12-15,17,20,28H,7,10-11H2,1-4H3/t17-,20+/m1/s1. The predicted octanol–water partition coefficient (Wildman–Crippen LogP) is 5.77. The zero-order valence-corrected chi connectivity index (χ0v) is 20.5. The van der Waals surface area contributed by atoms with Gasteiger partial charge in [0.25, 0.3) is 5.89 Å². The molecular formula is C25H29ClN4O4. The molecule has 1 aromatic carbocycles. The summed E-state index contributed by atoms with van der Waals surface area (Å²) in [4.78, 5) is 20.9. The predicted molar refractivity (Wildman–Crippen MR) is 130 cm³/mol. The maximum Gasteiger partial charge on any atom is 0.309 e. The Morgan fingerprint density at radius 3 is 2.56 bits per heavy atom. The van der Waals surface area contributed by atoms with Crippen LogP contribution in [0.2, 0.25) is 5.02 Å². The number of hydrogen-bond acceptors (Lipinski definition) is 8. The smallest absolute Gasteiger partial charge is 0.309 e. The van der Waals surface area contributed by atoms with Crippen molar-refractivity contribution < 1.29 is 18.8 Å². The highest BCUT2D eigenvalue weighted by Crippen LogP contribution is 2.31. The van der Waals surface area contributed by atoms with E-state index in [9.17, 15) is 4.79 Å². The van der Waals surface area contributed by atoms with E-state index in [0.29, 0.717) is 28.2 Å². The van der Waals surface area contributed by atoms with Crippen molar-refractivity contribution in [3.8, 4) is 28.7 Å². The lowest BCUT2D eigenvalue weighted by atomic mass is 10.1. The summed E-state index contributed by atoms with van der Waals surface area (Å²) in [5.74, 6) is 1.03. The second-order valence-corrected chi connectivity index (χ2v) is 9.42. The number of nitrogens with zero attached hydrogens (tertiary/aromatic N) is 3. The molecule has 0 amide bonds. The van der Waals surface area contributed by atoms with Crippen LogP contribution in [0.4, 0.5) is 5.69 Å². The van der Waals surface area contributed by atoms with Gasteiger partial charge in [-0.25, -0.2) is 4.98 Å². The van der Waals surface area contributed by atoms with Gasteiger partial charge in [0.15, 0.2) is 0 Å². The van der Waals surface area contributed by atoms with Gasteiger partial charge in [0, 0.05) is 23.5 Å². The van der Waals surface area contributed by atoms with Crippen LogP contribution < -0.4 is 10.1 Å². The van der Waals surface area contributed by atoms with E-state index in [1.165, 1.54) is 0 Å². The number of carbonyl (C=O) groups excluding carboxylic acids is 1. The maximum absolute atomic E-state index is 12.1. The molecule has 9 heteroatoms. The van der Waals surface area contributed by atoms with Crippen LogP contribution in [0.15, 0.2) is 41.1 Å². The van der Waals surface area contributed by atoms with Gasteiger partial charge in [0.05, 0.1) is 23.7 Å². The first kappa shape index (κ1) is 24.0. The number of halogens is 1. The molecule has 2 atom stereocenters. The molecule has 34 heavy (non-hydrogen) atoms. The Morgan fingerprint density at radius 1 is 1.12 bits per heavy atom. The summed E-state index contributed by atoms with van der Waals surface area (Å²) in [6.07, 6.45) is 4.05.